The Morgan fingerprint density at radius 2 is 1.91 bits per heavy atom. The van der Waals surface area contributed by atoms with Crippen molar-refractivity contribution in [3.05, 3.63) is 59.2 Å². The van der Waals surface area contributed by atoms with E-state index < -0.39 is 5.97 Å². The molecule has 0 heterocycles. The second-order valence-corrected chi connectivity index (χ2v) is 5.75. The molecular formula is C19H20O4. The number of hydrogen-bond donors (Lipinski definition) is 1. The molecule has 2 aromatic rings. The topological polar surface area (TPSA) is 55.8 Å². The zero-order chi connectivity index (χ0) is 16.2. The van der Waals surface area contributed by atoms with E-state index in [4.69, 9.17) is 14.6 Å². The van der Waals surface area contributed by atoms with Crippen LogP contribution in [0.2, 0.25) is 0 Å². The fraction of sp³-hybridized carbons (Fsp3) is 0.316. The normalized spacial score (nSPS) is 16.0. The van der Waals surface area contributed by atoms with Crippen LogP contribution >= 0.6 is 0 Å². The summed E-state index contributed by atoms with van der Waals surface area (Å²) in [6.07, 6.45) is 2.71. The third-order valence-corrected chi connectivity index (χ3v) is 4.21. The number of rotatable bonds is 6. The van der Waals surface area contributed by atoms with Gasteiger partial charge in [-0.2, -0.15) is 0 Å². The van der Waals surface area contributed by atoms with Crippen LogP contribution in [0.15, 0.2) is 42.5 Å². The Kier molecular flexibility index (Phi) is 4.51. The standard InChI is InChI=1S/C19H20O4/c1-22-16-9-5-14-6-10-18(17(14)12-16)23-15-7-2-13(3-8-15)4-11-19(20)21/h2-3,5,7-9,12,18H,4,6,10-11H2,1H3,(H,20,21). The van der Waals surface area contributed by atoms with Gasteiger partial charge < -0.3 is 14.6 Å². The number of fused-ring (bicyclic) bond motifs is 1. The fourth-order valence-electron chi connectivity index (χ4n) is 2.94. The number of aryl methyl sites for hydroxylation is 2. The van der Waals surface area contributed by atoms with Gasteiger partial charge in [0.1, 0.15) is 17.6 Å². The van der Waals surface area contributed by atoms with Crippen molar-refractivity contribution >= 4 is 5.97 Å². The van der Waals surface area contributed by atoms with Gasteiger partial charge in [0, 0.05) is 6.42 Å². The average Bonchev–Trinajstić information content (AvgIpc) is 2.96. The monoisotopic (exact) mass is 312 g/mol. The molecule has 1 aliphatic rings. The highest BCUT2D eigenvalue weighted by molar-refractivity contribution is 5.67. The first-order chi connectivity index (χ1) is 11.2. The van der Waals surface area contributed by atoms with Crippen LogP contribution < -0.4 is 9.47 Å². The SMILES string of the molecule is COc1ccc2c(c1)C(Oc1ccc(CCC(=O)O)cc1)CC2. The summed E-state index contributed by atoms with van der Waals surface area (Å²) < 4.78 is 11.4. The molecule has 1 unspecified atom stereocenters. The lowest BCUT2D eigenvalue weighted by Crippen LogP contribution is -2.04. The van der Waals surface area contributed by atoms with Crippen LogP contribution in [0.5, 0.6) is 11.5 Å². The van der Waals surface area contributed by atoms with Crippen LogP contribution in [0.25, 0.3) is 0 Å². The minimum Gasteiger partial charge on any atom is -0.497 e. The molecule has 1 aliphatic carbocycles. The van der Waals surface area contributed by atoms with Crippen molar-refractivity contribution < 1.29 is 19.4 Å². The van der Waals surface area contributed by atoms with Crippen molar-refractivity contribution in [3.63, 3.8) is 0 Å². The summed E-state index contributed by atoms with van der Waals surface area (Å²) in [6.45, 7) is 0. The maximum atomic E-state index is 10.6. The first kappa shape index (κ1) is 15.4. The van der Waals surface area contributed by atoms with Crippen molar-refractivity contribution in [2.75, 3.05) is 7.11 Å². The van der Waals surface area contributed by atoms with Crippen LogP contribution in [0, 0.1) is 0 Å². The van der Waals surface area contributed by atoms with Crippen LogP contribution in [0.4, 0.5) is 0 Å². The zero-order valence-electron chi connectivity index (χ0n) is 13.1. The van der Waals surface area contributed by atoms with Crippen LogP contribution in [-0.4, -0.2) is 18.2 Å². The molecule has 4 heteroatoms. The molecule has 0 aromatic heterocycles. The largest absolute Gasteiger partial charge is 0.497 e. The molecule has 23 heavy (non-hydrogen) atoms. The van der Waals surface area contributed by atoms with Crippen molar-refractivity contribution in [1.82, 2.24) is 0 Å². The lowest BCUT2D eigenvalue weighted by Gasteiger charge is -2.16. The smallest absolute Gasteiger partial charge is 0.303 e. The second-order valence-electron chi connectivity index (χ2n) is 5.75. The Morgan fingerprint density at radius 1 is 1.17 bits per heavy atom. The predicted octanol–water partition coefficient (Wildman–Crippen LogP) is 3.78. The molecule has 2 aromatic carbocycles. The van der Waals surface area contributed by atoms with Crippen LogP contribution in [0.3, 0.4) is 0 Å². The van der Waals surface area contributed by atoms with Crippen molar-refractivity contribution in [2.45, 2.75) is 31.8 Å². The van der Waals surface area contributed by atoms with Gasteiger partial charge in [0.05, 0.1) is 7.11 Å². The quantitative estimate of drug-likeness (QED) is 0.882. The van der Waals surface area contributed by atoms with Gasteiger partial charge in [-0.3, -0.25) is 4.79 Å². The number of ether oxygens (including phenoxy) is 2. The van der Waals surface area contributed by atoms with Crippen LogP contribution in [0.1, 0.15) is 35.6 Å². The molecule has 0 spiro atoms. The first-order valence-corrected chi connectivity index (χ1v) is 7.80. The summed E-state index contributed by atoms with van der Waals surface area (Å²) in [5.41, 5.74) is 3.52. The molecule has 0 amide bonds. The summed E-state index contributed by atoms with van der Waals surface area (Å²) >= 11 is 0. The summed E-state index contributed by atoms with van der Waals surface area (Å²) in [4.78, 5) is 10.6. The minimum absolute atomic E-state index is 0.0463. The lowest BCUT2D eigenvalue weighted by molar-refractivity contribution is -0.136. The first-order valence-electron chi connectivity index (χ1n) is 7.80. The van der Waals surface area contributed by atoms with E-state index in [2.05, 4.69) is 6.07 Å². The third-order valence-electron chi connectivity index (χ3n) is 4.21. The van der Waals surface area contributed by atoms with E-state index in [1.54, 1.807) is 7.11 Å². The molecule has 0 aliphatic heterocycles. The number of hydrogen-bond acceptors (Lipinski definition) is 3. The van der Waals surface area contributed by atoms with Gasteiger partial charge in [-0.15, -0.1) is 0 Å². The van der Waals surface area contributed by atoms with E-state index in [1.165, 1.54) is 11.1 Å². The Balaban J connectivity index is 1.68. The van der Waals surface area contributed by atoms with Crippen molar-refractivity contribution in [1.29, 1.82) is 0 Å². The molecule has 0 saturated heterocycles. The Morgan fingerprint density at radius 3 is 2.61 bits per heavy atom. The lowest BCUT2D eigenvalue weighted by atomic mass is 10.1. The third kappa shape index (κ3) is 3.65. The summed E-state index contributed by atoms with van der Waals surface area (Å²) in [5.74, 6) is 0.884. The second kappa shape index (κ2) is 6.73. The molecule has 4 nitrogen and oxygen atoms in total. The van der Waals surface area contributed by atoms with E-state index in [0.29, 0.717) is 6.42 Å². The molecule has 120 valence electrons. The molecule has 0 fully saturated rings. The number of aliphatic carboxylic acids is 1. The van der Waals surface area contributed by atoms with Gasteiger partial charge in [0.15, 0.2) is 0 Å². The maximum absolute atomic E-state index is 10.6. The highest BCUT2D eigenvalue weighted by atomic mass is 16.5. The molecule has 0 radical (unpaired) electrons. The van der Waals surface area contributed by atoms with Gasteiger partial charge in [-0.05, 0) is 60.2 Å². The fourth-order valence-corrected chi connectivity index (χ4v) is 2.94. The molecular weight excluding hydrogens is 292 g/mol. The Hall–Kier alpha value is -2.49. The van der Waals surface area contributed by atoms with E-state index in [-0.39, 0.29) is 12.5 Å². The zero-order valence-corrected chi connectivity index (χ0v) is 13.1. The number of methoxy groups -OCH3 is 1. The van der Waals surface area contributed by atoms with Crippen molar-refractivity contribution in [2.24, 2.45) is 0 Å². The molecule has 0 bridgehead atoms. The van der Waals surface area contributed by atoms with E-state index in [9.17, 15) is 4.79 Å². The van der Waals surface area contributed by atoms with E-state index in [1.807, 2.05) is 36.4 Å². The molecule has 1 N–H and O–H groups in total. The van der Waals surface area contributed by atoms with Crippen LogP contribution in [-0.2, 0) is 17.6 Å². The molecule has 0 saturated carbocycles. The molecule has 3 rings (SSSR count). The minimum atomic E-state index is -0.776. The predicted molar refractivity (Wildman–Crippen MR) is 87.1 cm³/mol. The highest BCUT2D eigenvalue weighted by Gasteiger charge is 2.24. The highest BCUT2D eigenvalue weighted by Crippen LogP contribution is 2.37. The Bertz CT molecular complexity index is 691. The number of benzene rings is 2. The summed E-state index contributed by atoms with van der Waals surface area (Å²) in [5, 5.41) is 8.72. The van der Waals surface area contributed by atoms with Gasteiger partial charge in [0.2, 0.25) is 0 Å². The van der Waals surface area contributed by atoms with Gasteiger partial charge in [-0.25, -0.2) is 0 Å². The Labute approximate surface area is 135 Å². The summed E-state index contributed by atoms with van der Waals surface area (Å²) in [7, 11) is 1.67. The molecule has 1 atom stereocenters. The van der Waals surface area contributed by atoms with Gasteiger partial charge >= 0.3 is 5.97 Å². The van der Waals surface area contributed by atoms with Crippen molar-refractivity contribution in [3.8, 4) is 11.5 Å². The van der Waals surface area contributed by atoms with Gasteiger partial charge in [0.25, 0.3) is 0 Å². The maximum Gasteiger partial charge on any atom is 0.303 e. The van der Waals surface area contributed by atoms with E-state index >= 15 is 0 Å². The number of carboxylic acid groups (broad SMARTS) is 1. The number of carbonyl (C=O) groups is 1. The summed E-state index contributed by atoms with van der Waals surface area (Å²) in [6, 6.07) is 13.8. The average molecular weight is 312 g/mol. The van der Waals surface area contributed by atoms with E-state index in [0.717, 1.165) is 29.9 Å². The number of carboxylic acids is 1. The van der Waals surface area contributed by atoms with Gasteiger partial charge in [-0.1, -0.05) is 18.2 Å².